The van der Waals surface area contributed by atoms with Crippen molar-refractivity contribution in [2.75, 3.05) is 0 Å². The molecule has 0 radical (unpaired) electrons. The van der Waals surface area contributed by atoms with Crippen LogP contribution >= 0.6 is 11.8 Å². The summed E-state index contributed by atoms with van der Waals surface area (Å²) in [5.74, 6) is 1.37. The van der Waals surface area contributed by atoms with E-state index in [2.05, 4.69) is 18.7 Å². The summed E-state index contributed by atoms with van der Waals surface area (Å²) in [5, 5.41) is 1.72. The first-order valence-corrected chi connectivity index (χ1v) is 8.13. The van der Waals surface area contributed by atoms with Crippen LogP contribution in [0.4, 0.5) is 4.39 Å². The van der Waals surface area contributed by atoms with E-state index in [0.29, 0.717) is 5.92 Å². The van der Waals surface area contributed by atoms with Crippen LogP contribution in [-0.4, -0.2) is 10.5 Å². The van der Waals surface area contributed by atoms with E-state index >= 15 is 0 Å². The maximum Gasteiger partial charge on any atom is 0.123 e. The molecular weight excluding hydrogens is 243 g/mol. The Bertz CT molecular complexity index is 400. The van der Waals surface area contributed by atoms with Crippen molar-refractivity contribution in [3.63, 3.8) is 0 Å². The lowest BCUT2D eigenvalue weighted by Gasteiger charge is -2.36. The summed E-state index contributed by atoms with van der Waals surface area (Å²) in [5.41, 5.74) is 1.37. The van der Waals surface area contributed by atoms with E-state index in [4.69, 9.17) is 0 Å². The molecule has 2 heterocycles. The summed E-state index contributed by atoms with van der Waals surface area (Å²) in [6.07, 6.45) is 6.69. The second-order valence-corrected chi connectivity index (χ2v) is 7.26. The van der Waals surface area contributed by atoms with Crippen molar-refractivity contribution < 1.29 is 4.39 Å². The van der Waals surface area contributed by atoms with Crippen LogP contribution in [0.2, 0.25) is 0 Å². The first kappa shape index (κ1) is 12.5. The molecule has 2 saturated heterocycles. The highest BCUT2D eigenvalue weighted by Crippen LogP contribution is 2.53. The lowest BCUT2D eigenvalue weighted by atomic mass is 9.79. The highest BCUT2D eigenvalue weighted by molar-refractivity contribution is 8.00. The van der Waals surface area contributed by atoms with E-state index in [1.807, 2.05) is 12.1 Å². The van der Waals surface area contributed by atoms with Crippen molar-refractivity contribution in [2.24, 2.45) is 5.92 Å². The second kappa shape index (κ2) is 5.24. The minimum Gasteiger partial charge on any atom is -0.207 e. The molecule has 2 heteroatoms. The van der Waals surface area contributed by atoms with Gasteiger partial charge < -0.3 is 0 Å². The van der Waals surface area contributed by atoms with E-state index in [0.717, 1.165) is 16.4 Å². The molecular formula is C16H21FS. The van der Waals surface area contributed by atoms with Gasteiger partial charge in [-0.25, -0.2) is 4.39 Å². The van der Waals surface area contributed by atoms with Crippen molar-refractivity contribution in [1.29, 1.82) is 0 Å². The Morgan fingerprint density at radius 3 is 2.72 bits per heavy atom. The highest BCUT2D eigenvalue weighted by atomic mass is 32.2. The molecule has 0 amide bonds. The predicted molar refractivity (Wildman–Crippen MR) is 76.6 cm³/mol. The standard InChI is InChI=1S/C16H21FS/c1-2-3-14-15(10-13-8-9-16(14)18-13)11-4-6-12(17)7-5-11/h4-7,13-16H,2-3,8-10H2,1H3/t13?,14-,15+,16-/m0/s1. The molecule has 3 rings (SSSR count). The van der Waals surface area contributed by atoms with Gasteiger partial charge in [-0.3, -0.25) is 0 Å². The number of thioether (sulfide) groups is 1. The van der Waals surface area contributed by atoms with Crippen LogP contribution in [0.1, 0.15) is 50.5 Å². The molecule has 0 nitrogen and oxygen atoms in total. The van der Waals surface area contributed by atoms with Gasteiger partial charge in [-0.05, 0) is 55.2 Å². The van der Waals surface area contributed by atoms with Gasteiger partial charge in [0, 0.05) is 10.5 Å². The van der Waals surface area contributed by atoms with Gasteiger partial charge in [-0.2, -0.15) is 11.8 Å². The molecule has 2 aliphatic heterocycles. The second-order valence-electron chi connectivity index (χ2n) is 5.72. The van der Waals surface area contributed by atoms with E-state index in [-0.39, 0.29) is 5.82 Å². The summed E-state index contributed by atoms with van der Waals surface area (Å²) in [7, 11) is 0. The minimum absolute atomic E-state index is 0.112. The van der Waals surface area contributed by atoms with Crippen LogP contribution in [0.25, 0.3) is 0 Å². The van der Waals surface area contributed by atoms with Crippen molar-refractivity contribution in [3.8, 4) is 0 Å². The average Bonchev–Trinajstić information content (AvgIpc) is 2.77. The monoisotopic (exact) mass is 264 g/mol. The zero-order valence-corrected chi connectivity index (χ0v) is 11.8. The third kappa shape index (κ3) is 2.32. The molecule has 2 fully saturated rings. The van der Waals surface area contributed by atoms with E-state index < -0.39 is 0 Å². The summed E-state index contributed by atoms with van der Waals surface area (Å²) >= 11 is 2.23. The lowest BCUT2D eigenvalue weighted by Crippen LogP contribution is -2.28. The Labute approximate surface area is 113 Å². The Morgan fingerprint density at radius 1 is 1.22 bits per heavy atom. The van der Waals surface area contributed by atoms with Gasteiger partial charge in [0.1, 0.15) is 5.82 Å². The number of benzene rings is 1. The van der Waals surface area contributed by atoms with Gasteiger partial charge in [-0.15, -0.1) is 0 Å². The fourth-order valence-corrected chi connectivity index (χ4v) is 5.64. The van der Waals surface area contributed by atoms with Crippen molar-refractivity contribution >= 4 is 11.8 Å². The quantitative estimate of drug-likeness (QED) is 0.741. The van der Waals surface area contributed by atoms with Crippen LogP contribution in [0, 0.1) is 11.7 Å². The minimum atomic E-state index is -0.112. The van der Waals surface area contributed by atoms with Crippen LogP contribution < -0.4 is 0 Å². The SMILES string of the molecule is CCC[C@@H]1[C@@H]2CCC(C[C@@H]1c1ccc(F)cc1)S2. The summed E-state index contributed by atoms with van der Waals surface area (Å²) in [6.45, 7) is 2.29. The molecule has 18 heavy (non-hydrogen) atoms. The Hall–Kier alpha value is -0.500. The van der Waals surface area contributed by atoms with Crippen molar-refractivity contribution in [3.05, 3.63) is 35.6 Å². The van der Waals surface area contributed by atoms with Crippen LogP contribution in [0.5, 0.6) is 0 Å². The molecule has 1 aromatic rings. The number of halogens is 1. The molecule has 4 atom stereocenters. The van der Waals surface area contributed by atoms with Crippen molar-refractivity contribution in [1.82, 2.24) is 0 Å². The van der Waals surface area contributed by atoms with Crippen molar-refractivity contribution in [2.45, 2.75) is 55.4 Å². The zero-order valence-electron chi connectivity index (χ0n) is 10.9. The molecule has 0 spiro atoms. The molecule has 0 aliphatic carbocycles. The third-order valence-corrected chi connectivity index (χ3v) is 6.32. The zero-order chi connectivity index (χ0) is 12.5. The third-order valence-electron chi connectivity index (χ3n) is 4.57. The Balaban J connectivity index is 1.86. The van der Waals surface area contributed by atoms with Gasteiger partial charge in [-0.1, -0.05) is 25.5 Å². The normalized spacial score (nSPS) is 34.8. The lowest BCUT2D eigenvalue weighted by molar-refractivity contribution is 0.369. The molecule has 98 valence electrons. The molecule has 2 bridgehead atoms. The van der Waals surface area contributed by atoms with E-state index in [9.17, 15) is 4.39 Å². The molecule has 2 aliphatic rings. The average molecular weight is 264 g/mol. The fourth-order valence-electron chi connectivity index (χ4n) is 3.75. The highest BCUT2D eigenvalue weighted by Gasteiger charge is 2.42. The maximum atomic E-state index is 13.1. The first-order valence-electron chi connectivity index (χ1n) is 7.19. The van der Waals surface area contributed by atoms with Gasteiger partial charge in [0.2, 0.25) is 0 Å². The van der Waals surface area contributed by atoms with E-state index in [1.165, 1.54) is 37.7 Å². The van der Waals surface area contributed by atoms with Gasteiger partial charge >= 0.3 is 0 Å². The predicted octanol–water partition coefficient (Wildman–Crippen LogP) is 4.99. The first-order chi connectivity index (χ1) is 8.78. The fraction of sp³-hybridized carbons (Fsp3) is 0.625. The number of hydrogen-bond donors (Lipinski definition) is 0. The number of hydrogen-bond acceptors (Lipinski definition) is 1. The van der Waals surface area contributed by atoms with Crippen LogP contribution in [0.3, 0.4) is 0 Å². The van der Waals surface area contributed by atoms with Crippen LogP contribution in [0.15, 0.2) is 24.3 Å². The largest absolute Gasteiger partial charge is 0.207 e. The summed E-state index contributed by atoms with van der Waals surface area (Å²) in [4.78, 5) is 0. The maximum absolute atomic E-state index is 13.1. The molecule has 0 saturated carbocycles. The van der Waals surface area contributed by atoms with Crippen LogP contribution in [-0.2, 0) is 0 Å². The Morgan fingerprint density at radius 2 is 2.00 bits per heavy atom. The molecule has 0 aromatic heterocycles. The smallest absolute Gasteiger partial charge is 0.123 e. The number of rotatable bonds is 3. The van der Waals surface area contributed by atoms with Gasteiger partial charge in [0.15, 0.2) is 0 Å². The van der Waals surface area contributed by atoms with E-state index in [1.54, 1.807) is 12.1 Å². The summed E-state index contributed by atoms with van der Waals surface area (Å²) in [6, 6.07) is 7.28. The summed E-state index contributed by atoms with van der Waals surface area (Å²) < 4.78 is 13.1. The molecule has 1 aromatic carbocycles. The Kier molecular flexibility index (Phi) is 3.65. The van der Waals surface area contributed by atoms with Gasteiger partial charge in [0.05, 0.1) is 0 Å². The topological polar surface area (TPSA) is 0 Å². The van der Waals surface area contributed by atoms with Gasteiger partial charge in [0.25, 0.3) is 0 Å². The molecule has 0 N–H and O–H groups in total. The molecule has 1 unspecified atom stereocenters. The number of fused-ring (bicyclic) bond motifs is 2.